The van der Waals surface area contributed by atoms with Gasteiger partial charge in [0, 0.05) is 18.7 Å². The van der Waals surface area contributed by atoms with E-state index in [1.165, 1.54) is 0 Å². The number of rotatable bonds is 4. The van der Waals surface area contributed by atoms with Crippen LogP contribution in [0.1, 0.15) is 38.6 Å². The van der Waals surface area contributed by atoms with Crippen molar-refractivity contribution in [1.82, 2.24) is 14.5 Å². The Morgan fingerprint density at radius 3 is 2.83 bits per heavy atom. The third-order valence-corrected chi connectivity index (χ3v) is 4.19. The van der Waals surface area contributed by atoms with E-state index in [-0.39, 0.29) is 12.0 Å². The zero-order valence-corrected chi connectivity index (χ0v) is 12.6. The summed E-state index contributed by atoms with van der Waals surface area (Å²) < 4.78 is 39.6. The van der Waals surface area contributed by atoms with Crippen molar-refractivity contribution < 1.29 is 18.0 Å². The fraction of sp³-hybridized carbons (Fsp3) is 0.533. The molecular weight excluding hydrogens is 309 g/mol. The summed E-state index contributed by atoms with van der Waals surface area (Å²) in [6.07, 6.45) is -0.391. The van der Waals surface area contributed by atoms with Crippen LogP contribution in [0, 0.1) is 5.92 Å². The van der Waals surface area contributed by atoms with Gasteiger partial charge in [0.15, 0.2) is 5.65 Å². The van der Waals surface area contributed by atoms with E-state index in [4.69, 9.17) is 0 Å². The molecule has 0 aliphatic heterocycles. The Morgan fingerprint density at radius 2 is 2.22 bits per heavy atom. The average molecular weight is 326 g/mol. The van der Waals surface area contributed by atoms with Crippen LogP contribution in [0.2, 0.25) is 0 Å². The van der Waals surface area contributed by atoms with E-state index in [9.17, 15) is 18.0 Å². The Labute approximate surface area is 130 Å². The monoisotopic (exact) mass is 326 g/mol. The van der Waals surface area contributed by atoms with Gasteiger partial charge >= 0.3 is 6.18 Å². The second-order valence-electron chi connectivity index (χ2n) is 5.93. The molecule has 0 spiro atoms. The van der Waals surface area contributed by atoms with Gasteiger partial charge in [-0.2, -0.15) is 13.2 Å². The maximum Gasteiger partial charge on any atom is 0.392 e. The Hall–Kier alpha value is -2.12. The van der Waals surface area contributed by atoms with Crippen LogP contribution in [0.25, 0.3) is 11.2 Å². The van der Waals surface area contributed by atoms with E-state index in [1.807, 2.05) is 4.57 Å². The van der Waals surface area contributed by atoms with Crippen LogP contribution in [0.4, 0.5) is 19.1 Å². The molecule has 1 unspecified atom stereocenters. The van der Waals surface area contributed by atoms with Crippen LogP contribution in [-0.4, -0.2) is 26.6 Å². The lowest BCUT2D eigenvalue weighted by molar-refractivity contribution is -0.173. The number of carbonyl (C=O) groups excluding carboxylic acids is 1. The Kier molecular flexibility index (Phi) is 3.99. The van der Waals surface area contributed by atoms with Gasteiger partial charge in [-0.15, -0.1) is 0 Å². The third-order valence-electron chi connectivity index (χ3n) is 4.19. The number of carbonyl (C=O) groups is 1. The van der Waals surface area contributed by atoms with Crippen molar-refractivity contribution in [3.8, 4) is 0 Å². The van der Waals surface area contributed by atoms with Crippen molar-refractivity contribution in [1.29, 1.82) is 0 Å². The number of nitrogens with one attached hydrogen (secondary N) is 1. The highest BCUT2D eigenvalue weighted by molar-refractivity contribution is 5.91. The normalized spacial score (nSPS) is 17.0. The summed E-state index contributed by atoms with van der Waals surface area (Å²) in [5, 5.41) is 2.52. The molecule has 5 nitrogen and oxygen atoms in total. The van der Waals surface area contributed by atoms with E-state index in [0.717, 1.165) is 26.2 Å². The summed E-state index contributed by atoms with van der Waals surface area (Å²) in [7, 11) is 0. The van der Waals surface area contributed by atoms with E-state index < -0.39 is 24.4 Å². The molecule has 1 aliphatic carbocycles. The fourth-order valence-electron chi connectivity index (χ4n) is 2.58. The van der Waals surface area contributed by atoms with Gasteiger partial charge in [-0.05, 0) is 31.4 Å². The molecule has 23 heavy (non-hydrogen) atoms. The first-order chi connectivity index (χ1) is 10.9. The van der Waals surface area contributed by atoms with E-state index >= 15 is 0 Å². The molecule has 1 atom stereocenters. The summed E-state index contributed by atoms with van der Waals surface area (Å²) in [5.74, 6) is -2.10. The number of anilines is 1. The molecule has 124 valence electrons. The molecule has 0 bridgehead atoms. The van der Waals surface area contributed by atoms with Gasteiger partial charge in [0.05, 0.1) is 5.92 Å². The summed E-state index contributed by atoms with van der Waals surface area (Å²) >= 11 is 0. The lowest BCUT2D eigenvalue weighted by atomic mass is 9.93. The van der Waals surface area contributed by atoms with Crippen LogP contribution < -0.4 is 5.32 Å². The van der Waals surface area contributed by atoms with Crippen molar-refractivity contribution in [2.75, 3.05) is 5.32 Å². The van der Waals surface area contributed by atoms with E-state index in [1.54, 1.807) is 18.3 Å². The largest absolute Gasteiger partial charge is 0.392 e. The number of halogens is 3. The average Bonchev–Trinajstić information content (AvgIpc) is 2.74. The maximum atomic E-state index is 12.6. The lowest BCUT2D eigenvalue weighted by Gasteiger charge is -2.28. The van der Waals surface area contributed by atoms with Gasteiger partial charge in [0.1, 0.15) is 5.52 Å². The predicted octanol–water partition coefficient (Wildman–Crippen LogP) is 3.68. The zero-order valence-electron chi connectivity index (χ0n) is 12.6. The zero-order chi connectivity index (χ0) is 16.6. The van der Waals surface area contributed by atoms with E-state index in [2.05, 4.69) is 15.3 Å². The molecule has 1 N–H and O–H groups in total. The Morgan fingerprint density at radius 1 is 1.48 bits per heavy atom. The smallest absolute Gasteiger partial charge is 0.296 e. The molecule has 3 rings (SSSR count). The van der Waals surface area contributed by atoms with Crippen LogP contribution in [0.3, 0.4) is 0 Å². The standard InChI is InChI=1S/C15H17F3N4O/c1-9(15(16,17)18)8-12(23)21-14-20-11-6-3-7-19-13(11)22(14)10-4-2-5-10/h3,6-7,9-10H,2,4-5,8H2,1H3,(H,20,21,23). The second-order valence-corrected chi connectivity index (χ2v) is 5.93. The SMILES string of the molecule is CC(CC(=O)Nc1nc2cccnc2n1C1CCC1)C(F)(F)F. The van der Waals surface area contributed by atoms with E-state index in [0.29, 0.717) is 11.2 Å². The topological polar surface area (TPSA) is 59.8 Å². The van der Waals surface area contributed by atoms with Gasteiger partial charge in [0.25, 0.3) is 0 Å². The molecule has 1 amide bonds. The summed E-state index contributed by atoms with van der Waals surface area (Å²) in [6.45, 7) is 0.996. The number of amides is 1. The number of hydrogen-bond donors (Lipinski definition) is 1. The molecule has 2 aromatic heterocycles. The van der Waals surface area contributed by atoms with Gasteiger partial charge in [0.2, 0.25) is 11.9 Å². The molecule has 8 heteroatoms. The number of alkyl halides is 3. The maximum absolute atomic E-state index is 12.6. The highest BCUT2D eigenvalue weighted by Gasteiger charge is 2.37. The van der Waals surface area contributed by atoms with Crippen LogP contribution in [0.5, 0.6) is 0 Å². The third kappa shape index (κ3) is 3.16. The summed E-state index contributed by atoms with van der Waals surface area (Å²) in [6, 6.07) is 3.69. The van der Waals surface area contributed by atoms with Crippen LogP contribution in [0.15, 0.2) is 18.3 Å². The van der Waals surface area contributed by atoms with Crippen LogP contribution >= 0.6 is 0 Å². The minimum atomic E-state index is -4.38. The summed E-state index contributed by atoms with van der Waals surface area (Å²) in [5.41, 5.74) is 1.27. The number of fused-ring (bicyclic) bond motifs is 1. The second kappa shape index (κ2) is 5.82. The minimum absolute atomic E-state index is 0.185. The highest BCUT2D eigenvalue weighted by Crippen LogP contribution is 2.36. The Bertz CT molecular complexity index is 721. The number of pyridine rings is 1. The van der Waals surface area contributed by atoms with Gasteiger partial charge in [-0.1, -0.05) is 6.92 Å². The number of nitrogens with zero attached hydrogens (tertiary/aromatic N) is 3. The molecule has 0 radical (unpaired) electrons. The summed E-state index contributed by atoms with van der Waals surface area (Å²) in [4.78, 5) is 20.5. The Balaban J connectivity index is 1.83. The van der Waals surface area contributed by atoms with Crippen molar-refractivity contribution in [3.05, 3.63) is 18.3 Å². The number of hydrogen-bond acceptors (Lipinski definition) is 3. The quantitative estimate of drug-likeness (QED) is 0.932. The lowest BCUT2D eigenvalue weighted by Crippen LogP contribution is -2.27. The minimum Gasteiger partial charge on any atom is -0.296 e. The van der Waals surface area contributed by atoms with Crippen molar-refractivity contribution in [2.45, 2.75) is 44.8 Å². The number of imidazole rings is 1. The predicted molar refractivity (Wildman–Crippen MR) is 78.9 cm³/mol. The van der Waals surface area contributed by atoms with Gasteiger partial charge in [-0.3, -0.25) is 14.7 Å². The first kappa shape index (κ1) is 15.8. The molecule has 1 aliphatic rings. The highest BCUT2D eigenvalue weighted by atomic mass is 19.4. The molecule has 1 fully saturated rings. The molecule has 1 saturated carbocycles. The molecular formula is C15H17F3N4O. The van der Waals surface area contributed by atoms with Crippen LogP contribution in [-0.2, 0) is 4.79 Å². The fourth-order valence-corrected chi connectivity index (χ4v) is 2.58. The first-order valence-corrected chi connectivity index (χ1v) is 7.56. The van der Waals surface area contributed by atoms with Gasteiger partial charge < -0.3 is 0 Å². The molecule has 2 heterocycles. The van der Waals surface area contributed by atoms with Crippen molar-refractivity contribution >= 4 is 23.0 Å². The molecule has 2 aromatic rings. The number of aromatic nitrogens is 3. The van der Waals surface area contributed by atoms with Crippen molar-refractivity contribution in [2.24, 2.45) is 5.92 Å². The molecule has 0 aromatic carbocycles. The van der Waals surface area contributed by atoms with Crippen molar-refractivity contribution in [3.63, 3.8) is 0 Å². The van der Waals surface area contributed by atoms with Gasteiger partial charge in [-0.25, -0.2) is 9.97 Å². The first-order valence-electron chi connectivity index (χ1n) is 7.56. The molecule has 0 saturated heterocycles.